The summed E-state index contributed by atoms with van der Waals surface area (Å²) in [7, 11) is 0. The fourth-order valence-electron chi connectivity index (χ4n) is 0.715. The molecule has 3 nitrogen and oxygen atoms in total. The van der Waals surface area contributed by atoms with Gasteiger partial charge < -0.3 is 5.73 Å². The molecule has 0 atom stereocenters. The number of aryl methyl sites for hydroxylation is 1. The Hall–Kier alpha value is -0.900. The molecular formula is C6H8N2OS. The molecule has 0 bridgehead atoms. The second-order valence-electron chi connectivity index (χ2n) is 1.90. The number of hydrogen-bond donors (Lipinski definition) is 1. The van der Waals surface area contributed by atoms with Crippen LogP contribution in [0.2, 0.25) is 0 Å². The largest absolute Gasteiger partial charge is 0.365 e. The lowest BCUT2D eigenvalue weighted by molar-refractivity contribution is 0.100. The number of nitrogens with two attached hydrogens (primary N) is 1. The van der Waals surface area contributed by atoms with Gasteiger partial charge in [-0.3, -0.25) is 4.79 Å². The highest BCUT2D eigenvalue weighted by atomic mass is 32.1. The number of rotatable bonds is 2. The Morgan fingerprint density at radius 3 is 3.00 bits per heavy atom. The summed E-state index contributed by atoms with van der Waals surface area (Å²) in [5.41, 5.74) is 6.01. The fourth-order valence-corrected chi connectivity index (χ4v) is 1.40. The minimum absolute atomic E-state index is 0.376. The van der Waals surface area contributed by atoms with Crippen molar-refractivity contribution in [1.82, 2.24) is 4.37 Å². The van der Waals surface area contributed by atoms with Crippen molar-refractivity contribution in [3.8, 4) is 0 Å². The van der Waals surface area contributed by atoms with E-state index in [4.69, 9.17) is 5.73 Å². The van der Waals surface area contributed by atoms with Crippen molar-refractivity contribution >= 4 is 17.4 Å². The monoisotopic (exact) mass is 156 g/mol. The van der Waals surface area contributed by atoms with E-state index in [9.17, 15) is 4.79 Å². The number of carbonyl (C=O) groups excluding carboxylic acids is 1. The smallest absolute Gasteiger partial charge is 0.260 e. The molecule has 10 heavy (non-hydrogen) atoms. The van der Waals surface area contributed by atoms with Crippen molar-refractivity contribution in [2.75, 3.05) is 0 Å². The Kier molecular flexibility index (Phi) is 2.01. The van der Waals surface area contributed by atoms with Gasteiger partial charge in [0, 0.05) is 6.20 Å². The van der Waals surface area contributed by atoms with Gasteiger partial charge in [0.15, 0.2) is 0 Å². The van der Waals surface area contributed by atoms with Gasteiger partial charge in [0.25, 0.3) is 5.91 Å². The fraction of sp³-hybridized carbons (Fsp3) is 0.333. The van der Waals surface area contributed by atoms with Crippen LogP contribution in [0.5, 0.6) is 0 Å². The van der Waals surface area contributed by atoms with Crippen LogP contribution in [0, 0.1) is 0 Å². The van der Waals surface area contributed by atoms with Crippen LogP contribution in [0.3, 0.4) is 0 Å². The van der Waals surface area contributed by atoms with Crippen LogP contribution >= 0.6 is 11.5 Å². The number of amides is 1. The minimum atomic E-state index is -0.376. The van der Waals surface area contributed by atoms with Crippen molar-refractivity contribution in [2.45, 2.75) is 13.3 Å². The van der Waals surface area contributed by atoms with Crippen LogP contribution in [0.4, 0.5) is 0 Å². The van der Waals surface area contributed by atoms with Crippen molar-refractivity contribution in [2.24, 2.45) is 5.73 Å². The molecule has 4 heteroatoms. The molecule has 0 spiro atoms. The molecule has 1 rings (SSSR count). The number of hydrogen-bond acceptors (Lipinski definition) is 3. The van der Waals surface area contributed by atoms with Crippen molar-refractivity contribution in [3.05, 3.63) is 16.6 Å². The number of nitrogens with zero attached hydrogens (tertiary/aromatic N) is 1. The van der Waals surface area contributed by atoms with E-state index in [-0.39, 0.29) is 5.91 Å². The zero-order valence-electron chi connectivity index (χ0n) is 5.63. The van der Waals surface area contributed by atoms with Crippen LogP contribution in [0.15, 0.2) is 6.20 Å². The Labute approximate surface area is 63.0 Å². The zero-order chi connectivity index (χ0) is 7.56. The molecule has 0 radical (unpaired) electrons. The molecule has 2 N–H and O–H groups in total. The molecule has 0 aliphatic carbocycles. The first-order valence-corrected chi connectivity index (χ1v) is 3.76. The molecular weight excluding hydrogens is 148 g/mol. The summed E-state index contributed by atoms with van der Waals surface area (Å²) in [4.78, 5) is 11.2. The predicted octanol–water partition coefficient (Wildman–Crippen LogP) is 0.804. The third kappa shape index (κ3) is 1.16. The van der Waals surface area contributed by atoms with E-state index < -0.39 is 0 Å². The van der Waals surface area contributed by atoms with Gasteiger partial charge in [-0.2, -0.15) is 0 Å². The van der Waals surface area contributed by atoms with Gasteiger partial charge >= 0.3 is 0 Å². The van der Waals surface area contributed by atoms with E-state index in [0.29, 0.717) is 4.88 Å². The molecule has 0 saturated heterocycles. The van der Waals surface area contributed by atoms with E-state index >= 15 is 0 Å². The molecule has 54 valence electrons. The molecule has 0 fully saturated rings. The quantitative estimate of drug-likeness (QED) is 0.688. The van der Waals surface area contributed by atoms with Crippen molar-refractivity contribution in [1.29, 1.82) is 0 Å². The lowest BCUT2D eigenvalue weighted by Crippen LogP contribution is -2.10. The van der Waals surface area contributed by atoms with Gasteiger partial charge in [0.2, 0.25) is 0 Å². The summed E-state index contributed by atoms with van der Waals surface area (Å²) in [6.07, 6.45) is 2.50. The maximum absolute atomic E-state index is 10.6. The van der Waals surface area contributed by atoms with E-state index in [1.54, 1.807) is 6.20 Å². The highest BCUT2D eigenvalue weighted by molar-refractivity contribution is 7.08. The van der Waals surface area contributed by atoms with Crippen molar-refractivity contribution < 1.29 is 4.79 Å². The zero-order valence-corrected chi connectivity index (χ0v) is 6.44. The first-order chi connectivity index (χ1) is 4.75. The highest BCUT2D eigenvalue weighted by Gasteiger charge is 2.07. The molecule has 1 aromatic rings. The Balaban J connectivity index is 3.01. The summed E-state index contributed by atoms with van der Waals surface area (Å²) in [5, 5.41) is 0. The normalized spacial score (nSPS) is 9.70. The maximum Gasteiger partial charge on any atom is 0.260 e. The van der Waals surface area contributed by atoms with E-state index in [0.717, 1.165) is 23.5 Å². The molecule has 0 saturated carbocycles. The summed E-state index contributed by atoms with van der Waals surface area (Å²) in [6.45, 7) is 1.97. The van der Waals surface area contributed by atoms with Crippen LogP contribution < -0.4 is 5.73 Å². The third-order valence-electron chi connectivity index (χ3n) is 1.25. The third-order valence-corrected chi connectivity index (χ3v) is 2.11. The average Bonchev–Trinajstić information content (AvgIpc) is 2.33. The first kappa shape index (κ1) is 7.21. The Morgan fingerprint density at radius 1 is 1.90 bits per heavy atom. The van der Waals surface area contributed by atoms with Crippen LogP contribution in [-0.4, -0.2) is 10.3 Å². The summed E-state index contributed by atoms with van der Waals surface area (Å²) >= 11 is 1.16. The maximum atomic E-state index is 10.6. The summed E-state index contributed by atoms with van der Waals surface area (Å²) in [5.74, 6) is -0.376. The van der Waals surface area contributed by atoms with Crippen LogP contribution in [0.25, 0.3) is 0 Å². The van der Waals surface area contributed by atoms with Gasteiger partial charge in [0.1, 0.15) is 4.88 Å². The molecule has 1 aromatic heterocycles. The Morgan fingerprint density at radius 2 is 2.60 bits per heavy atom. The summed E-state index contributed by atoms with van der Waals surface area (Å²) < 4.78 is 3.86. The second-order valence-corrected chi connectivity index (χ2v) is 2.70. The van der Waals surface area contributed by atoms with E-state index in [1.165, 1.54) is 0 Å². The lowest BCUT2D eigenvalue weighted by atomic mass is 10.2. The first-order valence-electron chi connectivity index (χ1n) is 2.99. The second kappa shape index (κ2) is 2.79. The molecule has 1 amide bonds. The number of carbonyl (C=O) groups is 1. The SMILES string of the molecule is CCc1cnsc1C(N)=O. The molecule has 0 aliphatic heterocycles. The van der Waals surface area contributed by atoms with Gasteiger partial charge in [-0.1, -0.05) is 6.92 Å². The van der Waals surface area contributed by atoms with Gasteiger partial charge in [-0.25, -0.2) is 4.37 Å². The van der Waals surface area contributed by atoms with E-state index in [2.05, 4.69) is 4.37 Å². The van der Waals surface area contributed by atoms with Crippen LogP contribution in [-0.2, 0) is 6.42 Å². The van der Waals surface area contributed by atoms with Gasteiger partial charge in [-0.05, 0) is 23.5 Å². The summed E-state index contributed by atoms with van der Waals surface area (Å²) in [6, 6.07) is 0. The molecule has 0 aliphatic rings. The van der Waals surface area contributed by atoms with Crippen molar-refractivity contribution in [3.63, 3.8) is 0 Å². The standard InChI is InChI=1S/C6H8N2OS/c1-2-4-3-8-10-5(4)6(7)9/h3H,2H2,1H3,(H2,7,9). The molecule has 0 aromatic carbocycles. The number of aromatic nitrogens is 1. The Bertz CT molecular complexity index is 244. The average molecular weight is 156 g/mol. The minimum Gasteiger partial charge on any atom is -0.365 e. The number of primary amides is 1. The van der Waals surface area contributed by atoms with Gasteiger partial charge in [-0.15, -0.1) is 0 Å². The van der Waals surface area contributed by atoms with Gasteiger partial charge in [0.05, 0.1) is 0 Å². The molecule has 0 unspecified atom stereocenters. The highest BCUT2D eigenvalue weighted by Crippen LogP contribution is 2.12. The molecule has 1 heterocycles. The predicted molar refractivity (Wildman–Crippen MR) is 40.0 cm³/mol. The lowest BCUT2D eigenvalue weighted by Gasteiger charge is -1.90. The van der Waals surface area contributed by atoms with E-state index in [1.807, 2.05) is 6.92 Å². The topological polar surface area (TPSA) is 56.0 Å². The van der Waals surface area contributed by atoms with Crippen LogP contribution in [0.1, 0.15) is 22.2 Å².